The molecule has 0 saturated carbocycles. The number of carbonyl (C=O) groups is 2. The maximum Gasteiger partial charge on any atom is 0.225 e. The van der Waals surface area contributed by atoms with Crippen molar-refractivity contribution in [2.24, 2.45) is 5.92 Å². The standard InChI is InChI=1S/C27H29N3O3/c1-19-9-11-21(12-10-19)16-30-17-23(15-26(30)31)27(32)29-20(2)22-6-5-8-25(14-22)33-18-24-7-3-4-13-28-24/h3-14,20,23H,15-18H2,1-2H3,(H,29,32). The number of likely N-dealkylation sites (tertiary alicyclic amines) is 1. The van der Waals surface area contributed by atoms with Gasteiger partial charge >= 0.3 is 0 Å². The van der Waals surface area contributed by atoms with E-state index in [1.807, 2.05) is 80.6 Å². The molecule has 2 atom stereocenters. The van der Waals surface area contributed by atoms with Crippen molar-refractivity contribution in [2.45, 2.75) is 39.5 Å². The summed E-state index contributed by atoms with van der Waals surface area (Å²) in [7, 11) is 0. The third kappa shape index (κ3) is 5.98. The molecule has 1 fully saturated rings. The van der Waals surface area contributed by atoms with Gasteiger partial charge in [-0.15, -0.1) is 0 Å². The molecule has 0 aliphatic carbocycles. The molecule has 33 heavy (non-hydrogen) atoms. The Morgan fingerprint density at radius 2 is 1.97 bits per heavy atom. The van der Waals surface area contributed by atoms with Crippen molar-refractivity contribution >= 4 is 11.8 Å². The number of nitrogens with one attached hydrogen (secondary N) is 1. The van der Waals surface area contributed by atoms with Gasteiger partial charge < -0.3 is 15.0 Å². The Hall–Kier alpha value is -3.67. The highest BCUT2D eigenvalue weighted by Gasteiger charge is 2.34. The first-order valence-electron chi connectivity index (χ1n) is 11.2. The first-order valence-corrected chi connectivity index (χ1v) is 11.2. The van der Waals surface area contributed by atoms with Crippen molar-refractivity contribution < 1.29 is 14.3 Å². The van der Waals surface area contributed by atoms with E-state index in [1.165, 1.54) is 5.56 Å². The van der Waals surface area contributed by atoms with Crippen LogP contribution in [0.2, 0.25) is 0 Å². The molecule has 1 aliphatic rings. The summed E-state index contributed by atoms with van der Waals surface area (Å²) >= 11 is 0. The van der Waals surface area contributed by atoms with Crippen molar-refractivity contribution in [3.8, 4) is 5.75 Å². The number of pyridine rings is 1. The van der Waals surface area contributed by atoms with Crippen LogP contribution >= 0.6 is 0 Å². The number of amides is 2. The van der Waals surface area contributed by atoms with Crippen LogP contribution in [0.3, 0.4) is 0 Å². The lowest BCUT2D eigenvalue weighted by Crippen LogP contribution is -2.34. The molecule has 1 aliphatic heterocycles. The van der Waals surface area contributed by atoms with Gasteiger partial charge in [-0.3, -0.25) is 14.6 Å². The van der Waals surface area contributed by atoms with Crippen molar-refractivity contribution in [1.29, 1.82) is 0 Å². The van der Waals surface area contributed by atoms with Crippen LogP contribution in [-0.2, 0) is 22.7 Å². The number of aryl methyl sites for hydroxylation is 1. The molecule has 170 valence electrons. The molecule has 0 radical (unpaired) electrons. The number of hydrogen-bond acceptors (Lipinski definition) is 4. The molecule has 0 bridgehead atoms. The smallest absolute Gasteiger partial charge is 0.225 e. The highest BCUT2D eigenvalue weighted by molar-refractivity contribution is 5.89. The minimum atomic E-state index is -0.339. The Balaban J connectivity index is 1.31. The molecule has 6 nitrogen and oxygen atoms in total. The number of benzene rings is 2. The molecule has 2 heterocycles. The molecular weight excluding hydrogens is 414 g/mol. The molecule has 0 spiro atoms. The minimum Gasteiger partial charge on any atom is -0.487 e. The fourth-order valence-electron chi connectivity index (χ4n) is 3.94. The monoisotopic (exact) mass is 443 g/mol. The normalized spacial score (nSPS) is 16.5. The van der Waals surface area contributed by atoms with E-state index < -0.39 is 0 Å². The zero-order chi connectivity index (χ0) is 23.2. The largest absolute Gasteiger partial charge is 0.487 e. The summed E-state index contributed by atoms with van der Waals surface area (Å²) in [4.78, 5) is 31.4. The number of hydrogen-bond donors (Lipinski definition) is 1. The molecule has 3 aromatic rings. The van der Waals surface area contributed by atoms with Gasteiger partial charge in [-0.05, 0) is 49.2 Å². The van der Waals surface area contributed by atoms with E-state index in [9.17, 15) is 9.59 Å². The van der Waals surface area contributed by atoms with Crippen LogP contribution in [0.5, 0.6) is 5.75 Å². The second-order valence-electron chi connectivity index (χ2n) is 8.57. The molecule has 4 rings (SSSR count). The van der Waals surface area contributed by atoms with E-state index in [2.05, 4.69) is 10.3 Å². The topological polar surface area (TPSA) is 71.5 Å². The number of ether oxygens (including phenoxy) is 1. The van der Waals surface area contributed by atoms with E-state index in [0.717, 1.165) is 22.6 Å². The second kappa shape index (κ2) is 10.3. The Morgan fingerprint density at radius 1 is 1.15 bits per heavy atom. The summed E-state index contributed by atoms with van der Waals surface area (Å²) < 4.78 is 5.85. The zero-order valence-corrected chi connectivity index (χ0v) is 19.0. The predicted molar refractivity (Wildman–Crippen MR) is 126 cm³/mol. The number of carbonyl (C=O) groups excluding carboxylic acids is 2. The van der Waals surface area contributed by atoms with Crippen LogP contribution in [0.15, 0.2) is 72.9 Å². The number of rotatable bonds is 8. The molecule has 2 unspecified atom stereocenters. The maximum atomic E-state index is 12.9. The van der Waals surface area contributed by atoms with Gasteiger partial charge in [-0.25, -0.2) is 0 Å². The summed E-state index contributed by atoms with van der Waals surface area (Å²) in [5, 5.41) is 3.07. The van der Waals surface area contributed by atoms with Gasteiger partial charge in [0.15, 0.2) is 0 Å². The maximum absolute atomic E-state index is 12.9. The Kier molecular flexibility index (Phi) is 7.03. The van der Waals surface area contributed by atoms with Crippen LogP contribution in [0.25, 0.3) is 0 Å². The van der Waals surface area contributed by atoms with Gasteiger partial charge in [0.1, 0.15) is 12.4 Å². The third-order valence-corrected chi connectivity index (χ3v) is 5.91. The van der Waals surface area contributed by atoms with Gasteiger partial charge in [0, 0.05) is 25.7 Å². The molecule has 2 aromatic carbocycles. The first-order chi connectivity index (χ1) is 16.0. The lowest BCUT2D eigenvalue weighted by Gasteiger charge is -2.19. The number of nitrogens with zero attached hydrogens (tertiary/aromatic N) is 2. The van der Waals surface area contributed by atoms with Crippen molar-refractivity contribution in [1.82, 2.24) is 15.2 Å². The lowest BCUT2D eigenvalue weighted by molar-refractivity contribution is -0.129. The average Bonchev–Trinajstić information content (AvgIpc) is 3.20. The van der Waals surface area contributed by atoms with Crippen molar-refractivity contribution in [2.75, 3.05) is 6.54 Å². The van der Waals surface area contributed by atoms with Crippen LogP contribution in [-0.4, -0.2) is 28.2 Å². The van der Waals surface area contributed by atoms with Crippen LogP contribution in [0.1, 0.15) is 41.8 Å². The Morgan fingerprint density at radius 3 is 2.73 bits per heavy atom. The van der Waals surface area contributed by atoms with Crippen LogP contribution in [0, 0.1) is 12.8 Å². The fourth-order valence-corrected chi connectivity index (χ4v) is 3.94. The molecule has 1 aromatic heterocycles. The van der Waals surface area contributed by atoms with Crippen LogP contribution in [0.4, 0.5) is 0 Å². The number of aromatic nitrogens is 1. The fraction of sp³-hybridized carbons (Fsp3) is 0.296. The Labute approximate surface area is 194 Å². The molecule has 6 heteroatoms. The summed E-state index contributed by atoms with van der Waals surface area (Å²) in [6.45, 7) is 5.34. The van der Waals surface area contributed by atoms with Crippen LogP contribution < -0.4 is 10.1 Å². The summed E-state index contributed by atoms with van der Waals surface area (Å²) in [6.07, 6.45) is 1.99. The van der Waals surface area contributed by atoms with E-state index in [0.29, 0.717) is 19.7 Å². The highest BCUT2D eigenvalue weighted by atomic mass is 16.5. The second-order valence-corrected chi connectivity index (χ2v) is 8.57. The van der Waals surface area contributed by atoms with E-state index in [1.54, 1.807) is 11.1 Å². The summed E-state index contributed by atoms with van der Waals surface area (Å²) in [5.41, 5.74) is 4.06. The van der Waals surface area contributed by atoms with Gasteiger partial charge in [0.2, 0.25) is 11.8 Å². The van der Waals surface area contributed by atoms with E-state index in [4.69, 9.17) is 4.74 Å². The Bertz CT molecular complexity index is 1100. The average molecular weight is 444 g/mol. The minimum absolute atomic E-state index is 0.0216. The highest BCUT2D eigenvalue weighted by Crippen LogP contribution is 2.24. The lowest BCUT2D eigenvalue weighted by atomic mass is 10.0. The van der Waals surface area contributed by atoms with Gasteiger partial charge in [0.05, 0.1) is 17.7 Å². The van der Waals surface area contributed by atoms with E-state index >= 15 is 0 Å². The van der Waals surface area contributed by atoms with Crippen molar-refractivity contribution in [3.63, 3.8) is 0 Å². The SMILES string of the molecule is Cc1ccc(CN2CC(C(=O)NC(C)c3cccc(OCc4ccccn4)c3)CC2=O)cc1. The molecule has 1 N–H and O–H groups in total. The summed E-state index contributed by atoms with van der Waals surface area (Å²) in [6, 6.07) is 21.3. The van der Waals surface area contributed by atoms with Gasteiger partial charge in [-0.1, -0.05) is 48.0 Å². The quantitative estimate of drug-likeness (QED) is 0.567. The first kappa shape index (κ1) is 22.5. The van der Waals surface area contributed by atoms with Gasteiger partial charge in [0.25, 0.3) is 0 Å². The van der Waals surface area contributed by atoms with Gasteiger partial charge in [-0.2, -0.15) is 0 Å². The molecule has 2 amide bonds. The van der Waals surface area contributed by atoms with E-state index in [-0.39, 0.29) is 30.2 Å². The molecular formula is C27H29N3O3. The zero-order valence-electron chi connectivity index (χ0n) is 19.0. The molecule has 1 saturated heterocycles. The summed E-state index contributed by atoms with van der Waals surface area (Å²) in [5.74, 6) is 0.309. The predicted octanol–water partition coefficient (Wildman–Crippen LogP) is 4.19. The van der Waals surface area contributed by atoms with Crippen molar-refractivity contribution in [3.05, 3.63) is 95.3 Å². The third-order valence-electron chi connectivity index (χ3n) is 5.91.